The number of hydrogen-bond donors (Lipinski definition) is 0. The maximum Gasteiger partial charge on any atom is 0.417 e. The van der Waals surface area contributed by atoms with Gasteiger partial charge >= 0.3 is 6.18 Å². The molecule has 1 heterocycles. The molecular formula is C12H11BrF3N. The Bertz CT molecular complexity index is 569. The molecule has 0 atom stereocenters. The SMILES string of the molecule is CCn1c(Br)c(C)c2c(C(F)(F)F)cccc21. The summed E-state index contributed by atoms with van der Waals surface area (Å²) in [6, 6.07) is 4.29. The lowest BCUT2D eigenvalue weighted by Gasteiger charge is -2.09. The topological polar surface area (TPSA) is 4.93 Å². The van der Waals surface area contributed by atoms with Crippen LogP contribution in [0, 0.1) is 6.92 Å². The molecule has 2 rings (SSSR count). The highest BCUT2D eigenvalue weighted by Crippen LogP contribution is 2.39. The van der Waals surface area contributed by atoms with Crippen LogP contribution in [-0.2, 0) is 12.7 Å². The van der Waals surface area contributed by atoms with Crippen LogP contribution in [0.15, 0.2) is 22.8 Å². The Morgan fingerprint density at radius 3 is 2.47 bits per heavy atom. The lowest BCUT2D eigenvalue weighted by atomic mass is 10.1. The van der Waals surface area contributed by atoms with Gasteiger partial charge in [-0.05, 0) is 47.5 Å². The molecule has 0 unspecified atom stereocenters. The van der Waals surface area contributed by atoms with Crippen LogP contribution < -0.4 is 0 Å². The van der Waals surface area contributed by atoms with Crippen molar-refractivity contribution in [3.05, 3.63) is 33.9 Å². The zero-order valence-electron chi connectivity index (χ0n) is 9.40. The third kappa shape index (κ3) is 1.86. The number of nitrogens with zero attached hydrogens (tertiary/aromatic N) is 1. The van der Waals surface area contributed by atoms with E-state index in [-0.39, 0.29) is 5.39 Å². The minimum atomic E-state index is -4.32. The van der Waals surface area contributed by atoms with Crippen molar-refractivity contribution in [1.29, 1.82) is 0 Å². The van der Waals surface area contributed by atoms with Crippen molar-refractivity contribution in [2.45, 2.75) is 26.6 Å². The third-order valence-electron chi connectivity index (χ3n) is 2.88. The monoisotopic (exact) mass is 305 g/mol. The Balaban J connectivity index is 2.91. The number of benzene rings is 1. The van der Waals surface area contributed by atoms with E-state index in [0.717, 1.165) is 6.07 Å². The van der Waals surface area contributed by atoms with Crippen LogP contribution >= 0.6 is 15.9 Å². The quantitative estimate of drug-likeness (QED) is 0.716. The van der Waals surface area contributed by atoms with Gasteiger partial charge in [0, 0.05) is 17.4 Å². The molecule has 92 valence electrons. The van der Waals surface area contributed by atoms with Gasteiger partial charge in [0.1, 0.15) is 0 Å². The van der Waals surface area contributed by atoms with E-state index in [1.165, 1.54) is 6.07 Å². The summed E-state index contributed by atoms with van der Waals surface area (Å²) in [5.41, 5.74) is 0.682. The van der Waals surface area contributed by atoms with E-state index in [2.05, 4.69) is 15.9 Å². The summed E-state index contributed by atoms with van der Waals surface area (Å²) in [6.45, 7) is 4.24. The summed E-state index contributed by atoms with van der Waals surface area (Å²) in [4.78, 5) is 0. The second kappa shape index (κ2) is 4.05. The van der Waals surface area contributed by atoms with Gasteiger partial charge in [-0.25, -0.2) is 0 Å². The Hall–Kier alpha value is -0.970. The van der Waals surface area contributed by atoms with Gasteiger partial charge in [0.05, 0.1) is 10.2 Å². The zero-order valence-corrected chi connectivity index (χ0v) is 11.0. The molecule has 0 aliphatic rings. The third-order valence-corrected chi connectivity index (χ3v) is 3.90. The molecule has 2 aromatic rings. The minimum absolute atomic E-state index is 0.286. The van der Waals surface area contributed by atoms with Crippen LogP contribution in [0.4, 0.5) is 13.2 Å². The molecule has 1 aromatic carbocycles. The van der Waals surface area contributed by atoms with Gasteiger partial charge in [0.2, 0.25) is 0 Å². The van der Waals surface area contributed by atoms with E-state index >= 15 is 0 Å². The van der Waals surface area contributed by atoms with Crippen LogP contribution in [0.1, 0.15) is 18.1 Å². The normalized spacial score (nSPS) is 12.4. The summed E-state index contributed by atoms with van der Waals surface area (Å²) in [5, 5.41) is 0.286. The minimum Gasteiger partial charge on any atom is -0.335 e. The molecule has 0 saturated carbocycles. The van der Waals surface area contributed by atoms with Crippen molar-refractivity contribution < 1.29 is 13.2 Å². The average Bonchev–Trinajstić information content (AvgIpc) is 2.50. The second-order valence-corrected chi connectivity index (χ2v) is 4.61. The van der Waals surface area contributed by atoms with Gasteiger partial charge in [0.25, 0.3) is 0 Å². The summed E-state index contributed by atoms with van der Waals surface area (Å²) >= 11 is 3.35. The van der Waals surface area contributed by atoms with Crippen LogP contribution in [0.5, 0.6) is 0 Å². The van der Waals surface area contributed by atoms with Gasteiger partial charge in [-0.2, -0.15) is 13.2 Å². The van der Waals surface area contributed by atoms with Gasteiger partial charge < -0.3 is 4.57 Å². The largest absolute Gasteiger partial charge is 0.417 e. The smallest absolute Gasteiger partial charge is 0.335 e. The summed E-state index contributed by atoms with van der Waals surface area (Å²) < 4.78 is 41.3. The van der Waals surface area contributed by atoms with Crippen molar-refractivity contribution in [3.8, 4) is 0 Å². The fraction of sp³-hybridized carbons (Fsp3) is 0.333. The Labute approximate surface area is 105 Å². The van der Waals surface area contributed by atoms with Gasteiger partial charge in [-0.15, -0.1) is 0 Å². The van der Waals surface area contributed by atoms with Crippen molar-refractivity contribution in [1.82, 2.24) is 4.57 Å². The highest BCUT2D eigenvalue weighted by Gasteiger charge is 2.34. The van der Waals surface area contributed by atoms with Crippen LogP contribution in [-0.4, -0.2) is 4.57 Å². The first kappa shape index (κ1) is 12.5. The molecule has 1 aromatic heterocycles. The molecule has 0 aliphatic carbocycles. The van der Waals surface area contributed by atoms with E-state index in [0.29, 0.717) is 22.2 Å². The maximum atomic E-state index is 12.9. The van der Waals surface area contributed by atoms with E-state index in [1.807, 2.05) is 11.5 Å². The number of fused-ring (bicyclic) bond motifs is 1. The van der Waals surface area contributed by atoms with Gasteiger partial charge in [-0.1, -0.05) is 6.07 Å². The predicted molar refractivity (Wildman–Crippen MR) is 65.1 cm³/mol. The maximum absolute atomic E-state index is 12.9. The average molecular weight is 306 g/mol. The van der Waals surface area contributed by atoms with Crippen LogP contribution in [0.25, 0.3) is 10.9 Å². The molecule has 0 spiro atoms. The number of aryl methyl sites for hydroxylation is 2. The number of halogens is 4. The second-order valence-electron chi connectivity index (χ2n) is 3.86. The fourth-order valence-electron chi connectivity index (χ4n) is 2.12. The van der Waals surface area contributed by atoms with E-state index in [1.54, 1.807) is 13.0 Å². The fourth-order valence-corrected chi connectivity index (χ4v) is 2.76. The van der Waals surface area contributed by atoms with Crippen molar-refractivity contribution in [2.24, 2.45) is 0 Å². The van der Waals surface area contributed by atoms with Gasteiger partial charge in [-0.3, -0.25) is 0 Å². The molecule has 0 fully saturated rings. The molecule has 5 heteroatoms. The number of hydrogen-bond acceptors (Lipinski definition) is 0. The van der Waals surface area contributed by atoms with E-state index in [4.69, 9.17) is 0 Å². The molecule has 0 amide bonds. The number of rotatable bonds is 1. The molecule has 0 radical (unpaired) electrons. The predicted octanol–water partition coefficient (Wildman–Crippen LogP) is 4.75. The summed E-state index contributed by atoms with van der Waals surface area (Å²) in [6.07, 6.45) is -4.32. The van der Waals surface area contributed by atoms with E-state index in [9.17, 15) is 13.2 Å². The Morgan fingerprint density at radius 1 is 1.29 bits per heavy atom. The molecule has 0 saturated heterocycles. The molecule has 17 heavy (non-hydrogen) atoms. The molecule has 0 bridgehead atoms. The highest BCUT2D eigenvalue weighted by atomic mass is 79.9. The lowest BCUT2D eigenvalue weighted by Crippen LogP contribution is -2.05. The van der Waals surface area contributed by atoms with Crippen molar-refractivity contribution in [2.75, 3.05) is 0 Å². The molecule has 1 nitrogen and oxygen atoms in total. The number of alkyl halides is 3. The van der Waals surface area contributed by atoms with Crippen molar-refractivity contribution in [3.63, 3.8) is 0 Å². The summed E-state index contributed by atoms with van der Waals surface area (Å²) in [7, 11) is 0. The molecule has 0 N–H and O–H groups in total. The first-order valence-electron chi connectivity index (χ1n) is 5.22. The number of aromatic nitrogens is 1. The first-order chi connectivity index (χ1) is 7.88. The summed E-state index contributed by atoms with van der Waals surface area (Å²) in [5.74, 6) is 0. The molecule has 0 aliphatic heterocycles. The van der Waals surface area contributed by atoms with Crippen molar-refractivity contribution >= 4 is 26.8 Å². The zero-order chi connectivity index (χ0) is 12.8. The van der Waals surface area contributed by atoms with E-state index < -0.39 is 11.7 Å². The van der Waals surface area contributed by atoms with Crippen LogP contribution in [0.3, 0.4) is 0 Å². The highest BCUT2D eigenvalue weighted by molar-refractivity contribution is 9.10. The molecular weight excluding hydrogens is 295 g/mol. The Morgan fingerprint density at radius 2 is 1.94 bits per heavy atom. The van der Waals surface area contributed by atoms with Crippen LogP contribution in [0.2, 0.25) is 0 Å². The lowest BCUT2D eigenvalue weighted by molar-refractivity contribution is -0.136. The van der Waals surface area contributed by atoms with Gasteiger partial charge in [0.15, 0.2) is 0 Å². The Kier molecular flexibility index (Phi) is 2.97. The first-order valence-corrected chi connectivity index (χ1v) is 6.01. The standard InChI is InChI=1S/C12H11BrF3N/c1-3-17-9-6-4-5-8(12(14,15)16)10(9)7(2)11(17)13/h4-6H,3H2,1-2H3.